The maximum Gasteiger partial charge on any atom is 0.160 e. The number of phenolic OH excluding ortho intramolecular Hbond substituents is 1. The Balaban J connectivity index is 2.29. The average Bonchev–Trinajstić information content (AvgIpc) is 2.35. The normalized spacial score (nSPS) is 10.2. The Morgan fingerprint density at radius 2 is 2.35 bits per heavy atom. The van der Waals surface area contributed by atoms with Crippen LogP contribution in [0.5, 0.6) is 11.5 Å². The number of thioether (sulfide) groups is 1. The van der Waals surface area contributed by atoms with Gasteiger partial charge in [0.25, 0.3) is 0 Å². The summed E-state index contributed by atoms with van der Waals surface area (Å²) in [5.74, 6) is 2.76. The van der Waals surface area contributed by atoms with E-state index in [1.165, 1.54) is 0 Å². The van der Waals surface area contributed by atoms with Crippen LogP contribution in [-0.4, -0.2) is 30.3 Å². The number of rotatable bonds is 8. The molecular weight excluding hydrogens is 234 g/mol. The molecule has 1 rings (SSSR count). The molecule has 1 aromatic carbocycles. The Labute approximate surface area is 107 Å². The molecule has 94 valence electrons. The van der Waals surface area contributed by atoms with Crippen molar-refractivity contribution in [2.24, 2.45) is 0 Å². The van der Waals surface area contributed by atoms with Gasteiger partial charge in [0, 0.05) is 24.6 Å². The molecule has 3 nitrogen and oxygen atoms in total. The summed E-state index contributed by atoms with van der Waals surface area (Å²) in [5, 5.41) is 12.8. The minimum absolute atomic E-state index is 0.179. The molecule has 0 spiro atoms. The van der Waals surface area contributed by atoms with Crippen molar-refractivity contribution in [1.82, 2.24) is 5.32 Å². The highest BCUT2D eigenvalue weighted by atomic mass is 32.2. The molecule has 0 saturated heterocycles. The second-order valence-corrected chi connectivity index (χ2v) is 4.70. The number of hydrogen-bond acceptors (Lipinski definition) is 4. The van der Waals surface area contributed by atoms with Crippen LogP contribution in [0.15, 0.2) is 30.9 Å². The van der Waals surface area contributed by atoms with Crippen LogP contribution in [-0.2, 0) is 6.54 Å². The standard InChI is InChI=1S/C13H19NO2S/c1-3-7-17-8-6-14-10-11-4-5-12(15)13(9-11)16-2/h3-5,9,14-15H,1,6-8,10H2,2H3. The first-order chi connectivity index (χ1) is 8.27. The Bertz CT molecular complexity index is 355. The maximum absolute atomic E-state index is 9.45. The number of phenols is 1. The second-order valence-electron chi connectivity index (χ2n) is 3.55. The van der Waals surface area contributed by atoms with Crippen molar-refractivity contribution in [3.63, 3.8) is 0 Å². The molecule has 0 aliphatic rings. The van der Waals surface area contributed by atoms with Crippen LogP contribution in [0.25, 0.3) is 0 Å². The summed E-state index contributed by atoms with van der Waals surface area (Å²) in [7, 11) is 1.55. The summed E-state index contributed by atoms with van der Waals surface area (Å²) in [5.41, 5.74) is 1.10. The van der Waals surface area contributed by atoms with Crippen LogP contribution in [0.3, 0.4) is 0 Å². The van der Waals surface area contributed by atoms with E-state index in [1.54, 1.807) is 13.2 Å². The Kier molecular flexibility index (Phi) is 6.58. The molecule has 0 radical (unpaired) electrons. The summed E-state index contributed by atoms with van der Waals surface area (Å²) >= 11 is 1.85. The zero-order valence-electron chi connectivity index (χ0n) is 10.1. The van der Waals surface area contributed by atoms with Gasteiger partial charge in [0.15, 0.2) is 11.5 Å². The molecule has 2 N–H and O–H groups in total. The molecule has 4 heteroatoms. The molecule has 0 amide bonds. The van der Waals surface area contributed by atoms with E-state index in [1.807, 2.05) is 30.0 Å². The van der Waals surface area contributed by atoms with Crippen LogP contribution in [0.1, 0.15) is 5.56 Å². The van der Waals surface area contributed by atoms with Gasteiger partial charge in [-0.25, -0.2) is 0 Å². The molecule has 0 heterocycles. The van der Waals surface area contributed by atoms with Crippen molar-refractivity contribution in [3.8, 4) is 11.5 Å². The van der Waals surface area contributed by atoms with Gasteiger partial charge in [-0.05, 0) is 17.7 Å². The number of ether oxygens (including phenoxy) is 1. The smallest absolute Gasteiger partial charge is 0.160 e. The van der Waals surface area contributed by atoms with E-state index in [-0.39, 0.29) is 5.75 Å². The fraction of sp³-hybridized carbons (Fsp3) is 0.385. The summed E-state index contributed by atoms with van der Waals surface area (Å²) in [6.45, 7) is 5.42. The van der Waals surface area contributed by atoms with E-state index in [0.29, 0.717) is 5.75 Å². The van der Waals surface area contributed by atoms with Gasteiger partial charge in [0.2, 0.25) is 0 Å². The topological polar surface area (TPSA) is 41.5 Å². The number of aromatic hydroxyl groups is 1. The van der Waals surface area contributed by atoms with E-state index < -0.39 is 0 Å². The van der Waals surface area contributed by atoms with Gasteiger partial charge in [-0.15, -0.1) is 6.58 Å². The molecule has 17 heavy (non-hydrogen) atoms. The van der Waals surface area contributed by atoms with Crippen LogP contribution in [0.4, 0.5) is 0 Å². The molecule has 0 bridgehead atoms. The van der Waals surface area contributed by atoms with E-state index in [9.17, 15) is 5.11 Å². The lowest BCUT2D eigenvalue weighted by molar-refractivity contribution is 0.373. The fourth-order valence-corrected chi connectivity index (χ4v) is 2.00. The molecule has 0 atom stereocenters. The second kappa shape index (κ2) is 8.03. The van der Waals surface area contributed by atoms with Gasteiger partial charge < -0.3 is 15.2 Å². The van der Waals surface area contributed by atoms with Crippen LogP contribution in [0.2, 0.25) is 0 Å². The summed E-state index contributed by atoms with van der Waals surface area (Å²) in [6.07, 6.45) is 1.91. The minimum Gasteiger partial charge on any atom is -0.504 e. The molecule has 1 aromatic rings. The highest BCUT2D eigenvalue weighted by Gasteiger charge is 2.01. The van der Waals surface area contributed by atoms with Gasteiger partial charge >= 0.3 is 0 Å². The first kappa shape index (κ1) is 13.9. The van der Waals surface area contributed by atoms with Crippen LogP contribution >= 0.6 is 11.8 Å². The van der Waals surface area contributed by atoms with Gasteiger partial charge in [-0.2, -0.15) is 11.8 Å². The fourth-order valence-electron chi connectivity index (χ4n) is 1.38. The van der Waals surface area contributed by atoms with Crippen molar-refractivity contribution in [1.29, 1.82) is 0 Å². The Morgan fingerprint density at radius 3 is 3.06 bits per heavy atom. The lowest BCUT2D eigenvalue weighted by Gasteiger charge is -2.07. The first-order valence-electron chi connectivity index (χ1n) is 5.53. The monoisotopic (exact) mass is 253 g/mol. The molecule has 0 aliphatic heterocycles. The zero-order valence-corrected chi connectivity index (χ0v) is 10.9. The SMILES string of the molecule is C=CCSCCNCc1ccc(O)c(OC)c1. The lowest BCUT2D eigenvalue weighted by Crippen LogP contribution is -2.16. The number of benzene rings is 1. The molecule has 0 aromatic heterocycles. The van der Waals surface area contributed by atoms with Crippen LogP contribution < -0.4 is 10.1 Å². The summed E-state index contributed by atoms with van der Waals surface area (Å²) in [6, 6.07) is 5.39. The predicted octanol–water partition coefficient (Wildman–Crippen LogP) is 2.41. The molecular formula is C13H19NO2S. The lowest BCUT2D eigenvalue weighted by atomic mass is 10.2. The van der Waals surface area contributed by atoms with Crippen molar-refractivity contribution in [2.75, 3.05) is 25.2 Å². The van der Waals surface area contributed by atoms with Crippen molar-refractivity contribution in [2.45, 2.75) is 6.54 Å². The predicted molar refractivity (Wildman–Crippen MR) is 73.9 cm³/mol. The van der Waals surface area contributed by atoms with Gasteiger partial charge in [0.05, 0.1) is 7.11 Å². The van der Waals surface area contributed by atoms with Gasteiger partial charge in [-0.3, -0.25) is 0 Å². The van der Waals surface area contributed by atoms with E-state index >= 15 is 0 Å². The van der Waals surface area contributed by atoms with Crippen molar-refractivity contribution < 1.29 is 9.84 Å². The minimum atomic E-state index is 0.179. The molecule has 0 aliphatic carbocycles. The van der Waals surface area contributed by atoms with Crippen molar-refractivity contribution in [3.05, 3.63) is 36.4 Å². The van der Waals surface area contributed by atoms with Crippen molar-refractivity contribution >= 4 is 11.8 Å². The highest BCUT2D eigenvalue weighted by Crippen LogP contribution is 2.25. The zero-order chi connectivity index (χ0) is 12.5. The maximum atomic E-state index is 9.45. The quantitative estimate of drug-likeness (QED) is 0.551. The van der Waals surface area contributed by atoms with E-state index in [2.05, 4.69) is 11.9 Å². The third-order valence-electron chi connectivity index (χ3n) is 2.23. The van der Waals surface area contributed by atoms with Crippen LogP contribution in [0, 0.1) is 0 Å². The van der Waals surface area contributed by atoms with E-state index in [4.69, 9.17) is 4.74 Å². The highest BCUT2D eigenvalue weighted by molar-refractivity contribution is 7.99. The third-order valence-corrected chi connectivity index (χ3v) is 3.20. The molecule has 0 fully saturated rings. The first-order valence-corrected chi connectivity index (χ1v) is 6.68. The molecule has 0 saturated carbocycles. The van der Waals surface area contributed by atoms with Gasteiger partial charge in [-0.1, -0.05) is 12.1 Å². The number of nitrogens with one attached hydrogen (secondary N) is 1. The summed E-state index contributed by atoms with van der Waals surface area (Å²) in [4.78, 5) is 0. The average molecular weight is 253 g/mol. The molecule has 0 unspecified atom stereocenters. The Hall–Kier alpha value is -1.13. The van der Waals surface area contributed by atoms with E-state index in [0.717, 1.165) is 30.2 Å². The third kappa shape index (κ3) is 5.15. The Morgan fingerprint density at radius 1 is 1.53 bits per heavy atom. The largest absolute Gasteiger partial charge is 0.504 e. The van der Waals surface area contributed by atoms with Gasteiger partial charge in [0.1, 0.15) is 0 Å². The number of methoxy groups -OCH3 is 1. The summed E-state index contributed by atoms with van der Waals surface area (Å²) < 4.78 is 5.05. The number of hydrogen-bond donors (Lipinski definition) is 2.